The molecule has 4 nitrogen and oxygen atoms in total. The highest BCUT2D eigenvalue weighted by Crippen LogP contribution is 2.17. The minimum Gasteiger partial charge on any atom is -0.480 e. The van der Waals surface area contributed by atoms with Crippen LogP contribution in [-0.2, 0) is 17.8 Å². The van der Waals surface area contributed by atoms with E-state index >= 15 is 0 Å². The first kappa shape index (κ1) is 13.4. The lowest BCUT2D eigenvalue weighted by molar-refractivity contribution is -0.139. The molecule has 1 atom stereocenters. The predicted octanol–water partition coefficient (Wildman–Crippen LogP) is 2.23. The van der Waals surface area contributed by atoms with Crippen LogP contribution >= 0.6 is 0 Å². The molecule has 4 heteroatoms. The second kappa shape index (κ2) is 5.79. The predicted molar refractivity (Wildman–Crippen MR) is 81.4 cm³/mol. The summed E-state index contributed by atoms with van der Waals surface area (Å²) in [4.78, 5) is 15.9. The van der Waals surface area contributed by atoms with Gasteiger partial charge in [0.2, 0.25) is 0 Å². The molecule has 0 saturated heterocycles. The van der Waals surface area contributed by atoms with Crippen LogP contribution < -0.4 is 5.32 Å². The van der Waals surface area contributed by atoms with Crippen molar-refractivity contribution in [3.8, 4) is 0 Å². The summed E-state index contributed by atoms with van der Waals surface area (Å²) in [7, 11) is 0. The molecule has 3 rings (SSSR count). The second-order valence-corrected chi connectivity index (χ2v) is 5.05. The van der Waals surface area contributed by atoms with Gasteiger partial charge in [-0.05, 0) is 11.1 Å². The maximum absolute atomic E-state index is 11.5. The summed E-state index contributed by atoms with van der Waals surface area (Å²) >= 11 is 0. The molecule has 1 aliphatic rings. The first-order valence-corrected chi connectivity index (χ1v) is 6.90. The van der Waals surface area contributed by atoms with Crippen LogP contribution in [0, 0.1) is 0 Å². The zero-order valence-corrected chi connectivity index (χ0v) is 11.5. The quantitative estimate of drug-likeness (QED) is 0.903. The molecule has 0 radical (unpaired) electrons. The van der Waals surface area contributed by atoms with Gasteiger partial charge in [-0.1, -0.05) is 54.6 Å². The summed E-state index contributed by atoms with van der Waals surface area (Å²) in [5, 5.41) is 12.5. The lowest BCUT2D eigenvalue weighted by Crippen LogP contribution is -2.42. The molecular formula is C17H16N2O2. The highest BCUT2D eigenvalue weighted by molar-refractivity contribution is 6.03. The number of aliphatic imine (C=N–C) groups is 1. The van der Waals surface area contributed by atoms with Gasteiger partial charge < -0.3 is 10.4 Å². The van der Waals surface area contributed by atoms with Gasteiger partial charge in [0.05, 0.1) is 6.54 Å². The van der Waals surface area contributed by atoms with Crippen LogP contribution in [0.1, 0.15) is 16.7 Å². The topological polar surface area (TPSA) is 61.7 Å². The average Bonchev–Trinajstić information content (AvgIpc) is 2.91. The third-order valence-electron chi connectivity index (χ3n) is 3.57. The molecule has 1 heterocycles. The zero-order valence-electron chi connectivity index (χ0n) is 11.5. The first-order valence-electron chi connectivity index (χ1n) is 6.90. The molecule has 106 valence electrons. The Labute approximate surface area is 123 Å². The van der Waals surface area contributed by atoms with Crippen LogP contribution in [-0.4, -0.2) is 23.0 Å². The van der Waals surface area contributed by atoms with Gasteiger partial charge in [-0.25, -0.2) is 4.79 Å². The third kappa shape index (κ3) is 2.94. The number of hydrogen-bond acceptors (Lipinski definition) is 3. The number of aliphatic carboxylic acids is 1. The van der Waals surface area contributed by atoms with E-state index in [0.717, 1.165) is 16.7 Å². The summed E-state index contributed by atoms with van der Waals surface area (Å²) in [6, 6.07) is 16.8. The Morgan fingerprint density at radius 2 is 1.86 bits per heavy atom. The normalized spacial score (nSPS) is 14.2. The minimum atomic E-state index is -0.870. The molecule has 0 bridgehead atoms. The number of nitrogens with one attached hydrogen (secondary N) is 1. The molecule has 0 amide bonds. The van der Waals surface area contributed by atoms with Crippen molar-refractivity contribution in [2.45, 2.75) is 19.0 Å². The number of fused-ring (bicyclic) bond motifs is 1. The second-order valence-electron chi connectivity index (χ2n) is 5.05. The highest BCUT2D eigenvalue weighted by Gasteiger charge is 2.23. The molecule has 2 aromatic carbocycles. The van der Waals surface area contributed by atoms with E-state index in [1.165, 1.54) is 0 Å². The molecule has 1 unspecified atom stereocenters. The van der Waals surface area contributed by atoms with Crippen molar-refractivity contribution in [1.29, 1.82) is 0 Å². The van der Waals surface area contributed by atoms with Gasteiger partial charge in [0.1, 0.15) is 11.9 Å². The molecule has 0 aliphatic carbocycles. The molecule has 2 aromatic rings. The molecule has 0 spiro atoms. The fraction of sp³-hybridized carbons (Fsp3) is 0.176. The summed E-state index contributed by atoms with van der Waals surface area (Å²) in [5.41, 5.74) is 3.12. The van der Waals surface area contributed by atoms with E-state index in [1.54, 1.807) is 0 Å². The van der Waals surface area contributed by atoms with Crippen LogP contribution in [0.5, 0.6) is 0 Å². The Hall–Kier alpha value is -2.62. The van der Waals surface area contributed by atoms with Crippen molar-refractivity contribution < 1.29 is 9.90 Å². The maximum atomic E-state index is 11.5. The molecule has 0 fully saturated rings. The van der Waals surface area contributed by atoms with E-state index in [-0.39, 0.29) is 0 Å². The van der Waals surface area contributed by atoms with Crippen LogP contribution in [0.4, 0.5) is 0 Å². The van der Waals surface area contributed by atoms with Crippen LogP contribution in [0.15, 0.2) is 59.6 Å². The molecular weight excluding hydrogens is 264 g/mol. The van der Waals surface area contributed by atoms with Crippen LogP contribution in [0.3, 0.4) is 0 Å². The molecule has 0 aromatic heterocycles. The molecule has 2 N–H and O–H groups in total. The van der Waals surface area contributed by atoms with E-state index in [9.17, 15) is 9.90 Å². The Morgan fingerprint density at radius 3 is 2.62 bits per heavy atom. The number of rotatable bonds is 4. The third-order valence-corrected chi connectivity index (χ3v) is 3.57. The monoisotopic (exact) mass is 280 g/mol. The smallest absolute Gasteiger partial charge is 0.326 e. The SMILES string of the molecule is O=C(O)C(Cc1ccccc1)NC1=NCc2ccccc21. The number of carboxylic acids is 1. The van der Waals surface area contributed by atoms with Gasteiger partial charge in [-0.3, -0.25) is 4.99 Å². The van der Waals surface area contributed by atoms with E-state index in [1.807, 2.05) is 54.6 Å². The first-order chi connectivity index (χ1) is 10.2. The molecule has 1 aliphatic heterocycles. The Kier molecular flexibility index (Phi) is 3.69. The van der Waals surface area contributed by atoms with Gasteiger partial charge in [0, 0.05) is 12.0 Å². The summed E-state index contributed by atoms with van der Waals surface area (Å²) in [5.74, 6) is -0.195. The number of amidine groups is 1. The molecule has 0 saturated carbocycles. The van der Waals surface area contributed by atoms with Crippen molar-refractivity contribution >= 4 is 11.8 Å². The zero-order chi connectivity index (χ0) is 14.7. The maximum Gasteiger partial charge on any atom is 0.326 e. The minimum absolute atomic E-state index is 0.428. The Morgan fingerprint density at radius 1 is 1.14 bits per heavy atom. The van der Waals surface area contributed by atoms with E-state index < -0.39 is 12.0 Å². The van der Waals surface area contributed by atoms with E-state index in [4.69, 9.17) is 0 Å². The van der Waals surface area contributed by atoms with Crippen molar-refractivity contribution in [2.24, 2.45) is 4.99 Å². The largest absolute Gasteiger partial charge is 0.480 e. The number of carbonyl (C=O) groups is 1. The summed E-state index contributed by atoms with van der Waals surface area (Å²) in [6.07, 6.45) is 0.428. The Bertz CT molecular complexity index is 680. The van der Waals surface area contributed by atoms with Gasteiger partial charge >= 0.3 is 5.97 Å². The molecule has 21 heavy (non-hydrogen) atoms. The van der Waals surface area contributed by atoms with Crippen molar-refractivity contribution in [1.82, 2.24) is 5.32 Å². The number of hydrogen-bond donors (Lipinski definition) is 2. The lowest BCUT2D eigenvalue weighted by atomic mass is 10.0. The van der Waals surface area contributed by atoms with Gasteiger partial charge in [-0.15, -0.1) is 0 Å². The summed E-state index contributed by atoms with van der Waals surface area (Å²) < 4.78 is 0. The van der Waals surface area contributed by atoms with Crippen molar-refractivity contribution in [2.75, 3.05) is 0 Å². The van der Waals surface area contributed by atoms with Gasteiger partial charge in [0.25, 0.3) is 0 Å². The van der Waals surface area contributed by atoms with Gasteiger partial charge in [-0.2, -0.15) is 0 Å². The number of nitrogens with zero attached hydrogens (tertiary/aromatic N) is 1. The van der Waals surface area contributed by atoms with Gasteiger partial charge in [0.15, 0.2) is 0 Å². The van der Waals surface area contributed by atoms with Crippen molar-refractivity contribution in [3.05, 3.63) is 71.3 Å². The lowest BCUT2D eigenvalue weighted by Gasteiger charge is -2.16. The fourth-order valence-corrected chi connectivity index (χ4v) is 2.48. The highest BCUT2D eigenvalue weighted by atomic mass is 16.4. The average molecular weight is 280 g/mol. The van der Waals surface area contributed by atoms with Crippen LogP contribution in [0.2, 0.25) is 0 Å². The van der Waals surface area contributed by atoms with E-state index in [2.05, 4.69) is 10.3 Å². The van der Waals surface area contributed by atoms with Crippen molar-refractivity contribution in [3.63, 3.8) is 0 Å². The summed E-state index contributed by atoms with van der Waals surface area (Å²) in [6.45, 7) is 0.607. The fourth-order valence-electron chi connectivity index (χ4n) is 2.48. The van der Waals surface area contributed by atoms with E-state index in [0.29, 0.717) is 18.8 Å². The number of benzene rings is 2. The standard InChI is InChI=1S/C17H16N2O2/c20-17(21)15(10-12-6-2-1-3-7-12)19-16-14-9-5-4-8-13(14)11-18-16/h1-9,15H,10-11H2,(H,18,19)(H,20,21). The Balaban J connectivity index is 1.77. The number of carboxylic acid groups (broad SMARTS) is 1. The van der Waals surface area contributed by atoms with Crippen LogP contribution in [0.25, 0.3) is 0 Å².